The predicted octanol–water partition coefficient (Wildman–Crippen LogP) is 2.99. The van der Waals surface area contributed by atoms with Gasteiger partial charge in [0.15, 0.2) is 0 Å². The number of rotatable bonds is 4. The Kier molecular flexibility index (Phi) is 4.05. The van der Waals surface area contributed by atoms with E-state index in [9.17, 15) is 4.79 Å². The van der Waals surface area contributed by atoms with Crippen LogP contribution in [0.1, 0.15) is 19.3 Å². The lowest BCUT2D eigenvalue weighted by Crippen LogP contribution is -2.40. The lowest BCUT2D eigenvalue weighted by Gasteiger charge is -2.33. The summed E-state index contributed by atoms with van der Waals surface area (Å²) in [6.07, 6.45) is 2.06. The quantitative estimate of drug-likeness (QED) is 0.926. The van der Waals surface area contributed by atoms with Crippen molar-refractivity contribution in [3.8, 4) is 17.6 Å². The van der Waals surface area contributed by atoms with Gasteiger partial charge in [0.1, 0.15) is 16.9 Å². The molecule has 6 heteroatoms. The van der Waals surface area contributed by atoms with E-state index >= 15 is 0 Å². The number of hydrogen-bond acceptors (Lipinski definition) is 4. The van der Waals surface area contributed by atoms with E-state index in [1.54, 1.807) is 12.1 Å². The van der Waals surface area contributed by atoms with Crippen LogP contribution in [-0.4, -0.2) is 20.1 Å². The fourth-order valence-corrected chi connectivity index (χ4v) is 2.35. The molecular formula is C14H15ClN2O3. The molecule has 5 nitrogen and oxygen atoms in total. The molecular weight excluding hydrogens is 280 g/mol. The Balaban J connectivity index is 2.29. The normalized spacial score (nSPS) is 15.7. The van der Waals surface area contributed by atoms with Crippen LogP contribution in [0.2, 0.25) is 5.02 Å². The summed E-state index contributed by atoms with van der Waals surface area (Å²) in [4.78, 5) is 12.2. The Bertz CT molecular complexity index is 577. The molecule has 1 aliphatic rings. The van der Waals surface area contributed by atoms with Crippen molar-refractivity contribution >= 4 is 23.2 Å². The first-order chi connectivity index (χ1) is 9.56. The summed E-state index contributed by atoms with van der Waals surface area (Å²) < 4.78 is 10.3. The van der Waals surface area contributed by atoms with Crippen LogP contribution in [0.4, 0.5) is 5.69 Å². The molecule has 1 saturated carbocycles. The van der Waals surface area contributed by atoms with Crippen LogP contribution in [0.5, 0.6) is 11.5 Å². The minimum absolute atomic E-state index is 0.311. The third kappa shape index (κ3) is 2.39. The number of amides is 1. The van der Waals surface area contributed by atoms with Gasteiger partial charge in [-0.3, -0.25) is 4.79 Å². The van der Waals surface area contributed by atoms with Crippen LogP contribution >= 0.6 is 11.6 Å². The number of anilines is 1. The summed E-state index contributed by atoms with van der Waals surface area (Å²) in [5.41, 5.74) is -0.474. The maximum Gasteiger partial charge on any atom is 0.244 e. The topological polar surface area (TPSA) is 71.3 Å². The van der Waals surface area contributed by atoms with E-state index in [1.807, 2.05) is 0 Å². The van der Waals surface area contributed by atoms with E-state index in [1.165, 1.54) is 14.2 Å². The van der Waals surface area contributed by atoms with Crippen LogP contribution in [-0.2, 0) is 4.79 Å². The molecule has 0 bridgehead atoms. The smallest absolute Gasteiger partial charge is 0.244 e. The molecule has 0 aromatic heterocycles. The van der Waals surface area contributed by atoms with Crippen LogP contribution < -0.4 is 14.8 Å². The average molecular weight is 295 g/mol. The van der Waals surface area contributed by atoms with Gasteiger partial charge in [0.05, 0.1) is 31.0 Å². The van der Waals surface area contributed by atoms with Gasteiger partial charge < -0.3 is 14.8 Å². The average Bonchev–Trinajstić information content (AvgIpc) is 2.39. The van der Waals surface area contributed by atoms with Gasteiger partial charge in [0, 0.05) is 12.1 Å². The first-order valence-electron chi connectivity index (χ1n) is 6.20. The van der Waals surface area contributed by atoms with Crippen molar-refractivity contribution in [2.45, 2.75) is 19.3 Å². The van der Waals surface area contributed by atoms with Crippen molar-refractivity contribution in [3.05, 3.63) is 17.2 Å². The summed E-state index contributed by atoms with van der Waals surface area (Å²) >= 11 is 6.00. The second kappa shape index (κ2) is 5.59. The lowest BCUT2D eigenvalue weighted by molar-refractivity contribution is -0.126. The summed E-state index contributed by atoms with van der Waals surface area (Å²) in [5, 5.41) is 12.3. The highest BCUT2D eigenvalue weighted by Crippen LogP contribution is 2.42. The van der Waals surface area contributed by atoms with Crippen molar-refractivity contribution in [2.75, 3.05) is 19.5 Å². The van der Waals surface area contributed by atoms with E-state index in [0.29, 0.717) is 35.1 Å². The third-order valence-electron chi connectivity index (χ3n) is 3.58. The van der Waals surface area contributed by atoms with Crippen LogP contribution in [0.15, 0.2) is 12.1 Å². The van der Waals surface area contributed by atoms with Crippen LogP contribution in [0.25, 0.3) is 0 Å². The summed E-state index contributed by atoms with van der Waals surface area (Å²) in [6, 6.07) is 5.25. The van der Waals surface area contributed by atoms with Crippen molar-refractivity contribution in [3.63, 3.8) is 0 Å². The predicted molar refractivity (Wildman–Crippen MR) is 75.1 cm³/mol. The first kappa shape index (κ1) is 14.5. The van der Waals surface area contributed by atoms with Crippen molar-refractivity contribution < 1.29 is 14.3 Å². The second-order valence-corrected chi connectivity index (χ2v) is 5.10. The highest BCUT2D eigenvalue weighted by Gasteiger charge is 2.44. The Morgan fingerprint density at radius 2 is 2.00 bits per heavy atom. The van der Waals surface area contributed by atoms with Gasteiger partial charge in [-0.15, -0.1) is 0 Å². The van der Waals surface area contributed by atoms with Gasteiger partial charge in [-0.25, -0.2) is 0 Å². The largest absolute Gasteiger partial charge is 0.495 e. The van der Waals surface area contributed by atoms with E-state index in [2.05, 4.69) is 11.4 Å². The fraction of sp³-hybridized carbons (Fsp3) is 0.429. The van der Waals surface area contributed by atoms with Crippen LogP contribution in [0.3, 0.4) is 0 Å². The van der Waals surface area contributed by atoms with Gasteiger partial charge in [-0.05, 0) is 19.3 Å². The Hall–Kier alpha value is -1.93. The molecule has 1 amide bonds. The molecule has 0 heterocycles. The molecule has 20 heavy (non-hydrogen) atoms. The minimum Gasteiger partial charge on any atom is -0.495 e. The van der Waals surface area contributed by atoms with E-state index in [-0.39, 0.29) is 5.91 Å². The number of carbonyl (C=O) groups is 1. The third-order valence-corrected chi connectivity index (χ3v) is 3.87. The highest BCUT2D eigenvalue weighted by molar-refractivity contribution is 6.32. The maximum atomic E-state index is 12.2. The Labute approximate surface area is 122 Å². The van der Waals surface area contributed by atoms with Gasteiger partial charge in [-0.1, -0.05) is 11.6 Å². The summed E-state index contributed by atoms with van der Waals surface area (Å²) in [6.45, 7) is 0. The molecule has 1 aliphatic carbocycles. The number of nitriles is 1. The number of nitrogens with one attached hydrogen (secondary N) is 1. The van der Waals surface area contributed by atoms with Crippen LogP contribution in [0, 0.1) is 16.7 Å². The zero-order valence-corrected chi connectivity index (χ0v) is 12.1. The van der Waals surface area contributed by atoms with E-state index in [4.69, 9.17) is 26.3 Å². The summed E-state index contributed by atoms with van der Waals surface area (Å²) in [5.74, 6) is 0.549. The molecule has 0 spiro atoms. The van der Waals surface area contributed by atoms with Gasteiger partial charge >= 0.3 is 0 Å². The zero-order chi connectivity index (χ0) is 14.8. The molecule has 0 saturated heterocycles. The van der Waals surface area contributed by atoms with Gasteiger partial charge in [0.2, 0.25) is 5.91 Å². The van der Waals surface area contributed by atoms with Crippen molar-refractivity contribution in [2.24, 2.45) is 5.41 Å². The lowest BCUT2D eigenvalue weighted by atomic mass is 9.69. The number of carbonyl (C=O) groups excluding carboxylic acids is 1. The highest BCUT2D eigenvalue weighted by atomic mass is 35.5. The number of nitrogens with zero attached hydrogens (tertiary/aromatic N) is 1. The SMILES string of the molecule is COc1cc(NC(=O)C2(C#N)CCC2)c(OC)cc1Cl. The molecule has 1 fully saturated rings. The number of halogens is 1. The zero-order valence-electron chi connectivity index (χ0n) is 11.3. The molecule has 0 unspecified atom stereocenters. The fourth-order valence-electron chi connectivity index (χ4n) is 2.12. The number of benzene rings is 1. The molecule has 0 aliphatic heterocycles. The second-order valence-electron chi connectivity index (χ2n) is 4.69. The number of hydrogen-bond donors (Lipinski definition) is 1. The van der Waals surface area contributed by atoms with Crippen molar-refractivity contribution in [1.29, 1.82) is 5.26 Å². The molecule has 1 aromatic rings. The van der Waals surface area contributed by atoms with E-state index < -0.39 is 5.41 Å². The molecule has 0 radical (unpaired) electrons. The van der Waals surface area contributed by atoms with Gasteiger partial charge in [0.25, 0.3) is 0 Å². The Morgan fingerprint density at radius 1 is 1.35 bits per heavy atom. The minimum atomic E-state index is -0.919. The molecule has 2 rings (SSSR count). The monoisotopic (exact) mass is 294 g/mol. The molecule has 0 atom stereocenters. The van der Waals surface area contributed by atoms with Gasteiger partial charge in [-0.2, -0.15) is 5.26 Å². The molecule has 1 N–H and O–H groups in total. The Morgan fingerprint density at radius 3 is 2.45 bits per heavy atom. The maximum absolute atomic E-state index is 12.2. The van der Waals surface area contributed by atoms with E-state index in [0.717, 1.165) is 6.42 Å². The number of ether oxygens (including phenoxy) is 2. The molecule has 106 valence electrons. The number of methoxy groups -OCH3 is 2. The van der Waals surface area contributed by atoms with Crippen molar-refractivity contribution in [1.82, 2.24) is 0 Å². The molecule has 1 aromatic carbocycles. The standard InChI is InChI=1S/C14H15ClN2O3/c1-19-11-7-10(12(20-2)6-9(11)15)17-13(18)14(8-16)4-3-5-14/h6-7H,3-5H2,1-2H3,(H,17,18). The first-order valence-corrected chi connectivity index (χ1v) is 6.58. The summed E-state index contributed by atoms with van der Waals surface area (Å²) in [7, 11) is 2.97.